The molecule has 0 bridgehead atoms. The average Bonchev–Trinajstić information content (AvgIpc) is 3.10. The average molecular weight is 469 g/mol. The van der Waals surface area contributed by atoms with Crippen molar-refractivity contribution >= 4 is 40.3 Å². The molecule has 0 spiro atoms. The zero-order valence-corrected chi connectivity index (χ0v) is 20.2. The molecule has 0 atom stereocenters. The van der Waals surface area contributed by atoms with Crippen LogP contribution in [0.4, 0.5) is 10.5 Å². The number of aromatic nitrogens is 2. The summed E-state index contributed by atoms with van der Waals surface area (Å²) in [4.78, 5) is 35.4. The van der Waals surface area contributed by atoms with E-state index in [1.54, 1.807) is 25.1 Å². The quantitative estimate of drug-likeness (QED) is 0.635. The number of fused-ring (bicyclic) bond motifs is 1. The molecule has 9 heteroatoms. The first-order chi connectivity index (χ1) is 15.7. The second kappa shape index (κ2) is 9.41. The number of rotatable bonds is 4. The van der Waals surface area contributed by atoms with E-state index < -0.39 is 0 Å². The van der Waals surface area contributed by atoms with Crippen LogP contribution in [0.3, 0.4) is 0 Å². The molecule has 4 rings (SSSR count). The van der Waals surface area contributed by atoms with Gasteiger partial charge in [-0.2, -0.15) is 0 Å². The number of imidazole rings is 1. The number of amides is 3. The summed E-state index contributed by atoms with van der Waals surface area (Å²) in [5, 5.41) is 3.57. The lowest BCUT2D eigenvalue weighted by Gasteiger charge is -2.34. The molecule has 0 saturated carbocycles. The van der Waals surface area contributed by atoms with Crippen LogP contribution in [0.2, 0.25) is 5.02 Å². The highest BCUT2D eigenvalue weighted by atomic mass is 35.5. The second-order valence-electron chi connectivity index (χ2n) is 8.64. The van der Waals surface area contributed by atoms with Gasteiger partial charge in [0.05, 0.1) is 17.6 Å². The van der Waals surface area contributed by atoms with Crippen LogP contribution in [0, 0.1) is 6.92 Å². The molecule has 0 aliphatic carbocycles. The highest BCUT2D eigenvalue weighted by molar-refractivity contribution is 6.31. The summed E-state index contributed by atoms with van der Waals surface area (Å²) in [7, 11) is 5.48. The number of carbonyl (C=O) groups excluding carboxylic acids is 2. The van der Waals surface area contributed by atoms with Crippen molar-refractivity contribution < 1.29 is 9.59 Å². The number of benzene rings is 2. The minimum absolute atomic E-state index is 0.0357. The van der Waals surface area contributed by atoms with Gasteiger partial charge in [-0.05, 0) is 42.8 Å². The van der Waals surface area contributed by atoms with E-state index in [4.69, 9.17) is 16.6 Å². The molecule has 2 aromatic carbocycles. The Balaban J connectivity index is 1.38. The van der Waals surface area contributed by atoms with Gasteiger partial charge in [0.15, 0.2) is 0 Å². The van der Waals surface area contributed by atoms with Crippen molar-refractivity contribution in [3.63, 3.8) is 0 Å². The predicted octanol–water partition coefficient (Wildman–Crippen LogP) is 3.59. The summed E-state index contributed by atoms with van der Waals surface area (Å²) in [6, 6.07) is 11.0. The first-order valence-electron chi connectivity index (χ1n) is 10.9. The third-order valence-electron chi connectivity index (χ3n) is 6.09. The minimum Gasteiger partial charge on any atom is -0.345 e. The van der Waals surface area contributed by atoms with Crippen molar-refractivity contribution in [3.05, 3.63) is 58.4 Å². The smallest absolute Gasteiger partial charge is 0.321 e. The number of nitrogens with one attached hydrogen (secondary N) is 1. The SMILES string of the molecule is Cc1ccc(Cl)cc1NC(=O)N1CCN(Cc2nc3cc(C(=O)N(C)C)ccc3n2C)CC1. The van der Waals surface area contributed by atoms with Crippen LogP contribution in [-0.4, -0.2) is 76.5 Å². The molecule has 33 heavy (non-hydrogen) atoms. The van der Waals surface area contributed by atoms with Gasteiger partial charge in [0.2, 0.25) is 0 Å². The van der Waals surface area contributed by atoms with Gasteiger partial charge < -0.3 is 19.7 Å². The second-order valence-corrected chi connectivity index (χ2v) is 9.08. The Hall–Kier alpha value is -3.10. The van der Waals surface area contributed by atoms with Crippen LogP contribution < -0.4 is 5.32 Å². The Labute approximate surface area is 198 Å². The van der Waals surface area contributed by atoms with Gasteiger partial charge in [0.25, 0.3) is 5.91 Å². The Morgan fingerprint density at radius 3 is 2.52 bits per heavy atom. The number of aryl methyl sites for hydroxylation is 2. The third kappa shape index (κ3) is 4.96. The Kier molecular flexibility index (Phi) is 6.58. The van der Waals surface area contributed by atoms with Crippen molar-refractivity contribution in [1.29, 1.82) is 0 Å². The van der Waals surface area contributed by atoms with Gasteiger partial charge in [-0.1, -0.05) is 17.7 Å². The molecule has 8 nitrogen and oxygen atoms in total. The molecule has 1 fully saturated rings. The first-order valence-corrected chi connectivity index (χ1v) is 11.3. The zero-order valence-electron chi connectivity index (χ0n) is 19.4. The van der Waals surface area contributed by atoms with E-state index in [9.17, 15) is 9.59 Å². The molecule has 1 N–H and O–H groups in total. The molecule has 3 amide bonds. The lowest BCUT2D eigenvalue weighted by molar-refractivity contribution is 0.0827. The van der Waals surface area contributed by atoms with Crippen LogP contribution in [0.1, 0.15) is 21.7 Å². The first kappa shape index (κ1) is 23.1. The fourth-order valence-electron chi connectivity index (χ4n) is 4.01. The summed E-state index contributed by atoms with van der Waals surface area (Å²) in [5.74, 6) is 0.901. The number of nitrogens with zero attached hydrogens (tertiary/aromatic N) is 5. The van der Waals surface area contributed by atoms with E-state index in [0.717, 1.165) is 41.2 Å². The van der Waals surface area contributed by atoms with Crippen LogP contribution >= 0.6 is 11.6 Å². The van der Waals surface area contributed by atoms with Gasteiger partial charge in [0.1, 0.15) is 5.82 Å². The predicted molar refractivity (Wildman–Crippen MR) is 131 cm³/mol. The van der Waals surface area contributed by atoms with Gasteiger partial charge in [-0.3, -0.25) is 9.69 Å². The molecule has 174 valence electrons. The summed E-state index contributed by atoms with van der Waals surface area (Å²) in [6.45, 7) is 5.42. The topological polar surface area (TPSA) is 73.7 Å². The summed E-state index contributed by atoms with van der Waals surface area (Å²) in [5.41, 5.74) is 4.16. The number of hydrogen-bond donors (Lipinski definition) is 1. The van der Waals surface area contributed by atoms with Crippen molar-refractivity contribution in [3.8, 4) is 0 Å². The monoisotopic (exact) mass is 468 g/mol. The molecular weight excluding hydrogens is 440 g/mol. The summed E-state index contributed by atoms with van der Waals surface area (Å²) in [6.07, 6.45) is 0. The maximum atomic E-state index is 12.7. The molecule has 1 aliphatic heterocycles. The molecular formula is C24H29ClN6O2. The highest BCUT2D eigenvalue weighted by Gasteiger charge is 2.23. The lowest BCUT2D eigenvalue weighted by Crippen LogP contribution is -2.49. The van der Waals surface area contributed by atoms with Gasteiger partial charge >= 0.3 is 6.03 Å². The fraction of sp³-hybridized carbons (Fsp3) is 0.375. The van der Waals surface area contributed by atoms with Crippen LogP contribution in [0.15, 0.2) is 36.4 Å². The molecule has 2 heterocycles. The highest BCUT2D eigenvalue weighted by Crippen LogP contribution is 2.22. The van der Waals surface area contributed by atoms with Crippen LogP contribution in [0.25, 0.3) is 11.0 Å². The minimum atomic E-state index is -0.110. The number of halogens is 1. The van der Waals surface area contributed by atoms with Gasteiger partial charge in [0, 0.05) is 63.6 Å². The third-order valence-corrected chi connectivity index (χ3v) is 6.33. The van der Waals surface area contributed by atoms with Crippen molar-refractivity contribution in [1.82, 2.24) is 24.3 Å². The van der Waals surface area contributed by atoms with Gasteiger partial charge in [-0.25, -0.2) is 9.78 Å². The van der Waals surface area contributed by atoms with E-state index in [2.05, 4.69) is 14.8 Å². The fourth-order valence-corrected chi connectivity index (χ4v) is 4.19. The van der Waals surface area contributed by atoms with Crippen molar-refractivity contribution in [2.24, 2.45) is 7.05 Å². The van der Waals surface area contributed by atoms with E-state index >= 15 is 0 Å². The van der Waals surface area contributed by atoms with E-state index in [0.29, 0.717) is 30.2 Å². The number of carbonyl (C=O) groups is 2. The van der Waals surface area contributed by atoms with Crippen molar-refractivity contribution in [2.45, 2.75) is 13.5 Å². The Morgan fingerprint density at radius 1 is 1.09 bits per heavy atom. The molecule has 1 saturated heterocycles. The standard InChI is InChI=1S/C24H29ClN6O2/c1-16-5-7-18(25)14-19(16)27-24(33)31-11-9-30(10-12-31)15-22-26-20-13-17(23(32)28(2)3)6-8-21(20)29(22)4/h5-8,13-14H,9-12,15H2,1-4H3,(H,27,33). The summed E-state index contributed by atoms with van der Waals surface area (Å²) >= 11 is 6.06. The maximum Gasteiger partial charge on any atom is 0.321 e. The Bertz CT molecular complexity index is 1200. The number of piperazine rings is 1. The van der Waals surface area contributed by atoms with E-state index in [1.165, 1.54) is 0 Å². The number of urea groups is 1. The Morgan fingerprint density at radius 2 is 1.82 bits per heavy atom. The lowest BCUT2D eigenvalue weighted by atomic mass is 10.2. The van der Waals surface area contributed by atoms with E-state index in [-0.39, 0.29) is 11.9 Å². The van der Waals surface area contributed by atoms with Gasteiger partial charge in [-0.15, -0.1) is 0 Å². The molecule has 0 unspecified atom stereocenters. The van der Waals surface area contributed by atoms with Crippen LogP contribution in [-0.2, 0) is 13.6 Å². The molecule has 0 radical (unpaired) electrons. The number of hydrogen-bond acceptors (Lipinski definition) is 4. The van der Waals surface area contributed by atoms with Crippen molar-refractivity contribution in [2.75, 3.05) is 45.6 Å². The molecule has 3 aromatic rings. The normalized spacial score (nSPS) is 14.5. The summed E-state index contributed by atoms with van der Waals surface area (Å²) < 4.78 is 2.07. The van der Waals surface area contributed by atoms with E-state index in [1.807, 2.05) is 49.2 Å². The number of anilines is 1. The molecule has 1 aromatic heterocycles. The van der Waals surface area contributed by atoms with Crippen LogP contribution in [0.5, 0.6) is 0 Å². The maximum absolute atomic E-state index is 12.7. The largest absolute Gasteiger partial charge is 0.345 e. The molecule has 1 aliphatic rings. The zero-order chi connectivity index (χ0) is 23.7.